The molecule has 1 aromatic carbocycles. The molecule has 2 aliphatic carbocycles. The predicted octanol–water partition coefficient (Wildman–Crippen LogP) is 3.11. The Morgan fingerprint density at radius 1 is 1.23 bits per heavy atom. The highest BCUT2D eigenvalue weighted by Gasteiger charge is 2.55. The Balaban J connectivity index is 2.02. The highest BCUT2D eigenvalue weighted by molar-refractivity contribution is 8.16. The van der Waals surface area contributed by atoms with Crippen molar-refractivity contribution in [3.05, 3.63) is 52.4 Å². The molecule has 0 saturated heterocycles. The van der Waals surface area contributed by atoms with E-state index in [4.69, 9.17) is 15.1 Å². The number of aliphatic hydroxyl groups excluding tert-OH is 1. The second-order valence-electron chi connectivity index (χ2n) is 6.07. The molecule has 6 atom stereocenters. The molecule has 0 aromatic heterocycles. The molecular weight excluding hydrogens is 365 g/mol. The summed E-state index contributed by atoms with van der Waals surface area (Å²) in [4.78, 5) is 0.539. The van der Waals surface area contributed by atoms with Crippen LogP contribution < -0.4 is 9.88 Å². The van der Waals surface area contributed by atoms with E-state index in [1.165, 1.54) is 12.1 Å². The van der Waals surface area contributed by atoms with Gasteiger partial charge in [0.15, 0.2) is 6.17 Å². The number of aliphatic hydroxyl groups is 1. The molecule has 0 heterocycles. The number of hydrogen-bond donors (Lipinski definition) is 2. The smallest absolute Gasteiger partial charge is 0.158 e. The number of nitrogens with zero attached hydrogens (tertiary/aromatic N) is 1. The highest BCUT2D eigenvalue weighted by Crippen LogP contribution is 2.50. The summed E-state index contributed by atoms with van der Waals surface area (Å²) in [5.41, 5.74) is 0.0416. The zero-order chi connectivity index (χ0) is 19.0. The zero-order valence-electron chi connectivity index (χ0n) is 13.8. The Hall–Kier alpha value is -2.08. The van der Waals surface area contributed by atoms with Crippen LogP contribution in [0.1, 0.15) is 12.5 Å². The fraction of sp³-hybridized carbons (Fsp3) is 0.333. The Kier molecular flexibility index (Phi) is 5.23. The molecule has 0 amide bonds. The molecule has 1 aromatic rings. The third-order valence-electron chi connectivity index (χ3n) is 4.56. The van der Waals surface area contributed by atoms with Gasteiger partial charge in [0, 0.05) is 12.0 Å². The van der Waals surface area contributed by atoms with E-state index < -0.39 is 46.8 Å². The Labute approximate surface area is 151 Å². The average molecular weight is 382 g/mol. The van der Waals surface area contributed by atoms with E-state index >= 15 is 0 Å². The molecule has 0 bridgehead atoms. The SMILES string of the molecule is C/C=S(/N)C1=CC=C(Oc2cc(F)cc(C#N)c2)C2C1C(O)C(F)[C@H]2F. The van der Waals surface area contributed by atoms with Gasteiger partial charge < -0.3 is 9.84 Å². The van der Waals surface area contributed by atoms with E-state index in [9.17, 15) is 18.3 Å². The Morgan fingerprint density at radius 3 is 2.62 bits per heavy atom. The van der Waals surface area contributed by atoms with E-state index in [1.54, 1.807) is 24.4 Å². The number of rotatable bonds is 3. The van der Waals surface area contributed by atoms with Gasteiger partial charge in [-0.1, -0.05) is 10.7 Å². The van der Waals surface area contributed by atoms with Crippen LogP contribution in [-0.2, 0) is 0 Å². The number of fused-ring (bicyclic) bond motifs is 1. The lowest BCUT2D eigenvalue weighted by atomic mass is 9.88. The standard InChI is InChI=1S/C18H17F3N2O2S/c1-2-26(23)13-4-3-12(14-15(13)18(24)17(21)16(14)20)25-11-6-9(8-22)5-10(19)7-11/h2-7,14-18,24H,23H2,1H3/t14?,15?,16-,17?,18?,26?/m0/s1. The molecule has 8 heteroatoms. The second-order valence-corrected chi connectivity index (χ2v) is 7.75. The van der Waals surface area contributed by atoms with Crippen LogP contribution in [-0.4, -0.2) is 28.9 Å². The number of hydrogen-bond acceptors (Lipinski definition) is 4. The van der Waals surface area contributed by atoms with Crippen LogP contribution in [0, 0.1) is 29.0 Å². The maximum atomic E-state index is 14.6. The third kappa shape index (κ3) is 3.18. The molecule has 4 nitrogen and oxygen atoms in total. The van der Waals surface area contributed by atoms with Gasteiger partial charge in [-0.2, -0.15) is 5.26 Å². The molecule has 1 fully saturated rings. The lowest BCUT2D eigenvalue weighted by molar-refractivity contribution is 0.0593. The summed E-state index contributed by atoms with van der Waals surface area (Å²) in [6, 6.07) is 5.19. The van der Waals surface area contributed by atoms with E-state index in [-0.39, 0.29) is 17.1 Å². The van der Waals surface area contributed by atoms with E-state index in [0.29, 0.717) is 4.91 Å². The first kappa shape index (κ1) is 18.7. The fourth-order valence-corrected chi connectivity index (χ4v) is 4.45. The van der Waals surface area contributed by atoms with Crippen LogP contribution in [0.15, 0.2) is 41.0 Å². The molecule has 26 heavy (non-hydrogen) atoms. The van der Waals surface area contributed by atoms with Crippen LogP contribution in [0.3, 0.4) is 0 Å². The summed E-state index contributed by atoms with van der Waals surface area (Å²) in [6.07, 6.45) is -2.56. The maximum Gasteiger partial charge on any atom is 0.158 e. The number of ether oxygens (including phenoxy) is 1. The van der Waals surface area contributed by atoms with Gasteiger partial charge in [0.25, 0.3) is 0 Å². The van der Waals surface area contributed by atoms with Crippen molar-refractivity contribution >= 4 is 16.0 Å². The van der Waals surface area contributed by atoms with Crippen LogP contribution in [0.2, 0.25) is 0 Å². The number of alkyl halides is 2. The van der Waals surface area contributed by atoms with Crippen LogP contribution in [0.5, 0.6) is 5.75 Å². The quantitative estimate of drug-likeness (QED) is 0.788. The van der Waals surface area contributed by atoms with Gasteiger partial charge in [-0.15, -0.1) is 0 Å². The van der Waals surface area contributed by atoms with Gasteiger partial charge in [0.1, 0.15) is 23.5 Å². The maximum absolute atomic E-state index is 14.6. The number of nitriles is 1. The van der Waals surface area contributed by atoms with E-state index in [0.717, 1.165) is 12.1 Å². The van der Waals surface area contributed by atoms with Crippen molar-refractivity contribution in [2.45, 2.75) is 25.4 Å². The van der Waals surface area contributed by atoms with E-state index in [2.05, 4.69) is 0 Å². The summed E-state index contributed by atoms with van der Waals surface area (Å²) in [5.74, 6) is -2.56. The highest BCUT2D eigenvalue weighted by atomic mass is 32.2. The van der Waals surface area contributed by atoms with Crippen molar-refractivity contribution in [2.75, 3.05) is 0 Å². The summed E-state index contributed by atoms with van der Waals surface area (Å²) >= 11 is 0. The minimum atomic E-state index is -2.07. The monoisotopic (exact) mass is 382 g/mol. The minimum Gasteiger partial charge on any atom is -0.461 e. The normalized spacial score (nSPS) is 31.7. The molecular formula is C18H17F3N2O2S. The van der Waals surface area contributed by atoms with Gasteiger partial charge >= 0.3 is 0 Å². The van der Waals surface area contributed by atoms with Gasteiger partial charge in [-0.05, 0) is 41.5 Å². The first-order valence-corrected chi connectivity index (χ1v) is 9.26. The number of halogens is 3. The Morgan fingerprint density at radius 2 is 1.96 bits per heavy atom. The predicted molar refractivity (Wildman–Crippen MR) is 94.2 cm³/mol. The minimum absolute atomic E-state index is 0.00111. The topological polar surface area (TPSA) is 79.3 Å². The number of nitrogens with two attached hydrogens (primary N) is 1. The molecule has 138 valence electrons. The van der Waals surface area contributed by atoms with Crippen LogP contribution >= 0.6 is 10.7 Å². The molecule has 0 radical (unpaired) electrons. The fourth-order valence-electron chi connectivity index (χ4n) is 3.36. The van der Waals surface area contributed by atoms with Gasteiger partial charge in [0.05, 0.1) is 23.7 Å². The molecule has 1 saturated carbocycles. The first-order chi connectivity index (χ1) is 12.4. The second kappa shape index (κ2) is 7.27. The van der Waals surface area contributed by atoms with Crippen molar-refractivity contribution < 1.29 is 23.0 Å². The number of benzene rings is 1. The van der Waals surface area contributed by atoms with Gasteiger partial charge in [-0.25, -0.2) is 13.2 Å². The van der Waals surface area contributed by atoms with E-state index in [1.807, 2.05) is 0 Å². The van der Waals surface area contributed by atoms with Crippen molar-refractivity contribution in [1.29, 1.82) is 5.26 Å². The summed E-state index contributed by atoms with van der Waals surface area (Å²) < 4.78 is 47.9. The van der Waals surface area contributed by atoms with Crippen LogP contribution in [0.25, 0.3) is 0 Å². The summed E-state index contributed by atoms with van der Waals surface area (Å²) in [6.45, 7) is 1.73. The summed E-state index contributed by atoms with van der Waals surface area (Å²) in [7, 11) is -0.855. The van der Waals surface area contributed by atoms with Crippen LogP contribution in [0.4, 0.5) is 13.2 Å². The molecule has 5 unspecified atom stereocenters. The lowest BCUT2D eigenvalue weighted by Gasteiger charge is -2.30. The average Bonchev–Trinajstić information content (AvgIpc) is 2.86. The van der Waals surface area contributed by atoms with Crippen molar-refractivity contribution in [2.24, 2.45) is 17.0 Å². The lowest BCUT2D eigenvalue weighted by Crippen LogP contribution is -2.29. The third-order valence-corrected chi connectivity index (χ3v) is 6.02. The zero-order valence-corrected chi connectivity index (χ0v) is 14.6. The summed E-state index contributed by atoms with van der Waals surface area (Å²) in [5, 5.41) is 26.8. The van der Waals surface area contributed by atoms with Gasteiger partial charge in [0.2, 0.25) is 0 Å². The first-order valence-electron chi connectivity index (χ1n) is 7.91. The number of allylic oxidation sites excluding steroid dienone is 3. The molecule has 0 spiro atoms. The Bertz CT molecular complexity index is 862. The van der Waals surface area contributed by atoms with Crippen molar-refractivity contribution in [3.63, 3.8) is 0 Å². The molecule has 0 aliphatic heterocycles. The van der Waals surface area contributed by atoms with Gasteiger partial charge in [-0.3, -0.25) is 5.14 Å². The molecule has 3 rings (SSSR count). The van der Waals surface area contributed by atoms with Crippen molar-refractivity contribution in [3.8, 4) is 11.8 Å². The largest absolute Gasteiger partial charge is 0.461 e. The molecule has 2 aliphatic rings. The van der Waals surface area contributed by atoms with Crippen molar-refractivity contribution in [1.82, 2.24) is 0 Å². The molecule has 3 N–H and O–H groups in total.